The van der Waals surface area contributed by atoms with Crippen molar-refractivity contribution in [1.82, 2.24) is 0 Å². The molecule has 0 aliphatic carbocycles. The molecule has 0 rings (SSSR count). The molecular weight excluding hydrogens is 136 g/mol. The van der Waals surface area contributed by atoms with Gasteiger partial charge >= 0.3 is 5.97 Å². The summed E-state index contributed by atoms with van der Waals surface area (Å²) in [6, 6.07) is 0. The second kappa shape index (κ2) is 5.16. The molecule has 0 heterocycles. The van der Waals surface area contributed by atoms with Gasteiger partial charge in [-0.25, -0.2) is 4.79 Å². The number of aliphatic hydroxyl groups excluding tert-OH is 1. The zero-order valence-corrected chi connectivity index (χ0v) is 5.62. The van der Waals surface area contributed by atoms with Crippen molar-refractivity contribution >= 4 is 5.97 Å². The zero-order valence-electron chi connectivity index (χ0n) is 5.62. The predicted molar refractivity (Wildman–Crippen MR) is 35.1 cm³/mol. The minimum Gasteiger partial charge on any atom is -0.458 e. The highest BCUT2D eigenvalue weighted by Gasteiger charge is 2.08. The van der Waals surface area contributed by atoms with Gasteiger partial charge in [-0.2, -0.15) is 0 Å². The molecule has 0 fully saturated rings. The summed E-state index contributed by atoms with van der Waals surface area (Å²) in [5, 5.41) is 8.22. The van der Waals surface area contributed by atoms with Gasteiger partial charge in [-0.3, -0.25) is 0 Å². The molecule has 0 unspecified atom stereocenters. The SMILES string of the molecule is NCC(CN)OC(=O)CO. The van der Waals surface area contributed by atoms with Crippen LogP contribution in [-0.4, -0.2) is 36.9 Å². The molecule has 0 aromatic heterocycles. The Balaban J connectivity index is 3.52. The molecule has 0 atom stereocenters. The van der Waals surface area contributed by atoms with Gasteiger partial charge in [0.1, 0.15) is 12.7 Å². The van der Waals surface area contributed by atoms with Crippen molar-refractivity contribution in [3.63, 3.8) is 0 Å². The quantitative estimate of drug-likeness (QED) is 0.393. The van der Waals surface area contributed by atoms with Crippen molar-refractivity contribution < 1.29 is 14.6 Å². The fraction of sp³-hybridized carbons (Fsp3) is 0.800. The molecule has 0 amide bonds. The molecule has 60 valence electrons. The molecule has 0 aliphatic rings. The van der Waals surface area contributed by atoms with E-state index in [1.165, 1.54) is 0 Å². The molecule has 0 radical (unpaired) electrons. The number of aliphatic hydroxyl groups is 1. The summed E-state index contributed by atoms with van der Waals surface area (Å²) in [6.45, 7) is -0.263. The van der Waals surface area contributed by atoms with E-state index >= 15 is 0 Å². The van der Waals surface area contributed by atoms with Crippen LogP contribution in [0.15, 0.2) is 0 Å². The summed E-state index contributed by atoms with van der Waals surface area (Å²) in [5.74, 6) is -0.694. The van der Waals surface area contributed by atoms with Crippen molar-refractivity contribution in [1.29, 1.82) is 0 Å². The molecule has 0 aromatic carbocycles. The number of hydrogen-bond acceptors (Lipinski definition) is 5. The van der Waals surface area contributed by atoms with Crippen LogP contribution in [-0.2, 0) is 9.53 Å². The lowest BCUT2D eigenvalue weighted by Crippen LogP contribution is -2.34. The average molecular weight is 148 g/mol. The van der Waals surface area contributed by atoms with Gasteiger partial charge in [-0.1, -0.05) is 0 Å². The van der Waals surface area contributed by atoms with Crippen LogP contribution < -0.4 is 11.5 Å². The monoisotopic (exact) mass is 148 g/mol. The number of rotatable bonds is 4. The zero-order chi connectivity index (χ0) is 7.98. The summed E-state index contributed by atoms with van der Waals surface area (Å²) in [5.41, 5.74) is 10.3. The van der Waals surface area contributed by atoms with E-state index in [1.807, 2.05) is 0 Å². The Morgan fingerprint density at radius 3 is 2.30 bits per heavy atom. The van der Waals surface area contributed by atoms with E-state index in [1.54, 1.807) is 0 Å². The number of ether oxygens (including phenoxy) is 1. The summed E-state index contributed by atoms with van der Waals surface area (Å²) in [4.78, 5) is 10.4. The largest absolute Gasteiger partial charge is 0.458 e. The number of hydrogen-bond donors (Lipinski definition) is 3. The Bertz CT molecular complexity index is 103. The lowest BCUT2D eigenvalue weighted by molar-refractivity contribution is -0.151. The van der Waals surface area contributed by atoms with Gasteiger partial charge in [0, 0.05) is 13.1 Å². The van der Waals surface area contributed by atoms with Crippen molar-refractivity contribution in [3.05, 3.63) is 0 Å². The second-order valence-corrected chi connectivity index (χ2v) is 1.74. The fourth-order valence-electron chi connectivity index (χ4n) is 0.416. The van der Waals surface area contributed by atoms with Crippen LogP contribution in [0, 0.1) is 0 Å². The highest BCUT2D eigenvalue weighted by atomic mass is 16.6. The van der Waals surface area contributed by atoms with Crippen LogP contribution in [0.4, 0.5) is 0 Å². The molecule has 0 spiro atoms. The third-order valence-corrected chi connectivity index (χ3v) is 0.953. The topological polar surface area (TPSA) is 98.6 Å². The van der Waals surface area contributed by atoms with Gasteiger partial charge in [0.2, 0.25) is 0 Å². The van der Waals surface area contributed by atoms with E-state index in [4.69, 9.17) is 16.6 Å². The van der Waals surface area contributed by atoms with E-state index in [9.17, 15) is 4.79 Å². The van der Waals surface area contributed by atoms with E-state index in [-0.39, 0.29) is 13.1 Å². The number of esters is 1. The van der Waals surface area contributed by atoms with Crippen molar-refractivity contribution in [3.8, 4) is 0 Å². The second-order valence-electron chi connectivity index (χ2n) is 1.74. The minimum atomic E-state index is -0.694. The van der Waals surface area contributed by atoms with E-state index < -0.39 is 18.7 Å². The van der Waals surface area contributed by atoms with Crippen LogP contribution in [0.1, 0.15) is 0 Å². The Hall–Kier alpha value is -0.650. The molecule has 5 nitrogen and oxygen atoms in total. The van der Waals surface area contributed by atoms with Gasteiger partial charge < -0.3 is 21.3 Å². The Morgan fingerprint density at radius 1 is 1.50 bits per heavy atom. The molecule has 5 heteroatoms. The van der Waals surface area contributed by atoms with E-state index in [0.29, 0.717) is 0 Å². The lowest BCUT2D eigenvalue weighted by atomic mass is 10.4. The first-order valence-corrected chi connectivity index (χ1v) is 2.95. The van der Waals surface area contributed by atoms with E-state index in [0.717, 1.165) is 0 Å². The highest BCUT2D eigenvalue weighted by molar-refractivity contribution is 5.70. The first kappa shape index (κ1) is 9.35. The molecule has 0 saturated carbocycles. The van der Waals surface area contributed by atoms with Gasteiger partial charge in [0.25, 0.3) is 0 Å². The van der Waals surface area contributed by atoms with Crippen LogP contribution >= 0.6 is 0 Å². The van der Waals surface area contributed by atoms with E-state index in [2.05, 4.69) is 4.74 Å². The standard InChI is InChI=1S/C5H12N2O3/c6-1-4(2-7)10-5(9)3-8/h4,8H,1-3,6-7H2. The van der Waals surface area contributed by atoms with Crippen LogP contribution in [0.25, 0.3) is 0 Å². The number of carbonyl (C=O) groups is 1. The minimum absolute atomic E-state index is 0.183. The van der Waals surface area contributed by atoms with Gasteiger partial charge in [-0.15, -0.1) is 0 Å². The first-order chi connectivity index (χ1) is 4.74. The maximum Gasteiger partial charge on any atom is 0.332 e. The van der Waals surface area contributed by atoms with Crippen molar-refractivity contribution in [2.45, 2.75) is 6.10 Å². The summed E-state index contributed by atoms with van der Waals surface area (Å²) >= 11 is 0. The normalized spacial score (nSPS) is 10.0. The Kier molecular flexibility index (Phi) is 4.82. The number of nitrogens with two attached hydrogens (primary N) is 2. The smallest absolute Gasteiger partial charge is 0.332 e. The molecule has 5 N–H and O–H groups in total. The first-order valence-electron chi connectivity index (χ1n) is 2.95. The number of carbonyl (C=O) groups excluding carboxylic acids is 1. The van der Waals surface area contributed by atoms with Gasteiger partial charge in [0.05, 0.1) is 0 Å². The average Bonchev–Trinajstić information content (AvgIpc) is 1.99. The van der Waals surface area contributed by atoms with Crippen LogP contribution in [0.3, 0.4) is 0 Å². The summed E-state index contributed by atoms with van der Waals surface area (Å²) < 4.78 is 4.56. The maximum atomic E-state index is 10.4. The lowest BCUT2D eigenvalue weighted by Gasteiger charge is -2.11. The van der Waals surface area contributed by atoms with Gasteiger partial charge in [0.15, 0.2) is 0 Å². The van der Waals surface area contributed by atoms with Crippen molar-refractivity contribution in [2.75, 3.05) is 19.7 Å². The highest BCUT2D eigenvalue weighted by Crippen LogP contribution is 1.86. The maximum absolute atomic E-state index is 10.4. The predicted octanol–water partition coefficient (Wildman–Crippen LogP) is -2.19. The molecule has 0 bridgehead atoms. The van der Waals surface area contributed by atoms with Gasteiger partial charge in [-0.05, 0) is 0 Å². The molecule has 10 heavy (non-hydrogen) atoms. The van der Waals surface area contributed by atoms with Crippen LogP contribution in [0.2, 0.25) is 0 Å². The third-order valence-electron chi connectivity index (χ3n) is 0.953. The fourth-order valence-corrected chi connectivity index (χ4v) is 0.416. The third kappa shape index (κ3) is 3.39. The Labute approximate surface area is 58.9 Å². The molecular formula is C5H12N2O3. The Morgan fingerprint density at radius 2 is 2.00 bits per heavy atom. The molecule has 0 aromatic rings. The summed E-state index contributed by atoms with van der Waals surface area (Å²) in [6.07, 6.45) is -0.473. The van der Waals surface area contributed by atoms with Crippen molar-refractivity contribution in [2.24, 2.45) is 11.5 Å². The summed E-state index contributed by atoms with van der Waals surface area (Å²) in [7, 11) is 0. The van der Waals surface area contributed by atoms with Crippen LogP contribution in [0.5, 0.6) is 0 Å². The molecule has 0 saturated heterocycles. The molecule has 0 aliphatic heterocycles.